The third kappa shape index (κ3) is 3.93. The van der Waals surface area contributed by atoms with Crippen molar-refractivity contribution in [3.05, 3.63) is 29.0 Å². The second kappa shape index (κ2) is 5.58. The van der Waals surface area contributed by atoms with E-state index in [1.807, 2.05) is 12.1 Å². The number of halogens is 1. The summed E-state index contributed by atoms with van der Waals surface area (Å²) >= 11 is 5.69. The van der Waals surface area contributed by atoms with Crippen LogP contribution < -0.4 is 0 Å². The van der Waals surface area contributed by atoms with E-state index in [4.69, 9.17) is 22.8 Å². The summed E-state index contributed by atoms with van der Waals surface area (Å²) < 4.78 is 5.25. The molecule has 13 heavy (non-hydrogen) atoms. The third-order valence-electron chi connectivity index (χ3n) is 1.41. The summed E-state index contributed by atoms with van der Waals surface area (Å²) in [5.41, 5.74) is 0.824. The van der Waals surface area contributed by atoms with E-state index in [1.165, 1.54) is 0 Å². The van der Waals surface area contributed by atoms with Gasteiger partial charge in [0, 0.05) is 6.42 Å². The van der Waals surface area contributed by atoms with Gasteiger partial charge in [-0.25, -0.2) is 4.98 Å². The van der Waals surface area contributed by atoms with Crippen LogP contribution in [0.3, 0.4) is 0 Å². The number of nitrogens with zero attached hydrogens (tertiary/aromatic N) is 1. The lowest BCUT2D eigenvalue weighted by Gasteiger charge is -2.01. The van der Waals surface area contributed by atoms with Crippen molar-refractivity contribution < 1.29 is 4.74 Å². The van der Waals surface area contributed by atoms with E-state index in [0.29, 0.717) is 24.8 Å². The van der Waals surface area contributed by atoms with Crippen LogP contribution in [0.4, 0.5) is 0 Å². The number of rotatable bonds is 4. The van der Waals surface area contributed by atoms with Gasteiger partial charge in [-0.2, -0.15) is 0 Å². The van der Waals surface area contributed by atoms with Crippen molar-refractivity contribution in [3.63, 3.8) is 0 Å². The van der Waals surface area contributed by atoms with Crippen molar-refractivity contribution in [2.24, 2.45) is 0 Å². The predicted molar refractivity (Wildman–Crippen MR) is 52.4 cm³/mol. The largest absolute Gasteiger partial charge is 0.374 e. The van der Waals surface area contributed by atoms with Crippen LogP contribution in [-0.4, -0.2) is 11.6 Å². The molecule has 0 radical (unpaired) electrons. The van der Waals surface area contributed by atoms with Crippen LogP contribution in [0.5, 0.6) is 0 Å². The van der Waals surface area contributed by atoms with Gasteiger partial charge in [-0.05, 0) is 12.1 Å². The van der Waals surface area contributed by atoms with Crippen LogP contribution in [0, 0.1) is 12.3 Å². The number of hydrogen-bond donors (Lipinski definition) is 0. The van der Waals surface area contributed by atoms with E-state index in [9.17, 15) is 0 Å². The topological polar surface area (TPSA) is 22.1 Å². The molecule has 0 aliphatic carbocycles. The van der Waals surface area contributed by atoms with E-state index >= 15 is 0 Å². The number of hydrogen-bond acceptors (Lipinski definition) is 2. The van der Waals surface area contributed by atoms with Crippen LogP contribution in [0.15, 0.2) is 18.2 Å². The predicted octanol–water partition coefficient (Wildman–Crippen LogP) is 2.27. The van der Waals surface area contributed by atoms with E-state index in [-0.39, 0.29) is 0 Å². The van der Waals surface area contributed by atoms with Gasteiger partial charge in [0.1, 0.15) is 5.15 Å². The Kier molecular flexibility index (Phi) is 4.31. The standard InChI is InChI=1S/C10H10ClNO/c1-2-3-7-13-8-9-5-4-6-10(11)12-9/h1,4-6H,3,7-8H2. The van der Waals surface area contributed by atoms with Gasteiger partial charge in [0.25, 0.3) is 0 Å². The van der Waals surface area contributed by atoms with Crippen LogP contribution in [0.1, 0.15) is 12.1 Å². The molecule has 1 aromatic rings. The van der Waals surface area contributed by atoms with Crippen LogP contribution in [-0.2, 0) is 11.3 Å². The molecule has 0 unspecified atom stereocenters. The minimum Gasteiger partial charge on any atom is -0.374 e. The highest BCUT2D eigenvalue weighted by Gasteiger charge is 1.94. The zero-order chi connectivity index (χ0) is 9.52. The molecule has 2 nitrogen and oxygen atoms in total. The van der Waals surface area contributed by atoms with Gasteiger partial charge in [0.05, 0.1) is 18.9 Å². The zero-order valence-corrected chi connectivity index (χ0v) is 7.92. The molecule has 0 amide bonds. The maximum absolute atomic E-state index is 5.69. The first kappa shape index (κ1) is 10.0. The number of pyridine rings is 1. The van der Waals surface area contributed by atoms with Crippen molar-refractivity contribution in [3.8, 4) is 12.3 Å². The van der Waals surface area contributed by atoms with Gasteiger partial charge < -0.3 is 4.74 Å². The molecule has 0 saturated carbocycles. The average Bonchev–Trinajstić information content (AvgIpc) is 2.13. The maximum Gasteiger partial charge on any atom is 0.129 e. The molecule has 3 heteroatoms. The zero-order valence-electron chi connectivity index (χ0n) is 7.16. The normalized spacial score (nSPS) is 9.54. The smallest absolute Gasteiger partial charge is 0.129 e. The van der Waals surface area contributed by atoms with Crippen molar-refractivity contribution >= 4 is 11.6 Å². The third-order valence-corrected chi connectivity index (χ3v) is 1.62. The van der Waals surface area contributed by atoms with Gasteiger partial charge in [0.2, 0.25) is 0 Å². The molecule has 0 atom stereocenters. The van der Waals surface area contributed by atoms with Gasteiger partial charge in [-0.1, -0.05) is 17.7 Å². The molecule has 0 saturated heterocycles. The second-order valence-electron chi connectivity index (χ2n) is 2.46. The van der Waals surface area contributed by atoms with Crippen LogP contribution in [0.2, 0.25) is 5.15 Å². The Bertz CT molecular complexity index is 306. The minimum atomic E-state index is 0.461. The van der Waals surface area contributed by atoms with E-state index < -0.39 is 0 Å². The molecule has 1 rings (SSSR count). The summed E-state index contributed by atoms with van der Waals surface area (Å²) in [6, 6.07) is 5.43. The molecule has 0 aliphatic heterocycles. The average molecular weight is 196 g/mol. The quantitative estimate of drug-likeness (QED) is 0.418. The summed E-state index contributed by atoms with van der Waals surface area (Å²) in [6.07, 6.45) is 5.69. The molecular weight excluding hydrogens is 186 g/mol. The first-order valence-electron chi connectivity index (χ1n) is 3.95. The molecule has 0 aliphatic rings. The highest BCUT2D eigenvalue weighted by Crippen LogP contribution is 2.05. The van der Waals surface area contributed by atoms with E-state index in [1.54, 1.807) is 6.07 Å². The molecule has 0 fully saturated rings. The Balaban J connectivity index is 2.33. The van der Waals surface area contributed by atoms with Gasteiger partial charge in [-0.3, -0.25) is 0 Å². The number of aromatic nitrogens is 1. The number of ether oxygens (including phenoxy) is 1. The Morgan fingerprint density at radius 1 is 1.54 bits per heavy atom. The summed E-state index contributed by atoms with van der Waals surface area (Å²) in [4.78, 5) is 4.06. The SMILES string of the molecule is C#CCCOCc1cccc(Cl)n1. The van der Waals surface area contributed by atoms with Crippen molar-refractivity contribution in [1.82, 2.24) is 4.98 Å². The van der Waals surface area contributed by atoms with Gasteiger partial charge in [0.15, 0.2) is 0 Å². The Morgan fingerprint density at radius 3 is 3.08 bits per heavy atom. The Hall–Kier alpha value is -1.04. The molecule has 0 bridgehead atoms. The Morgan fingerprint density at radius 2 is 2.38 bits per heavy atom. The van der Waals surface area contributed by atoms with Crippen molar-refractivity contribution in [2.45, 2.75) is 13.0 Å². The highest BCUT2D eigenvalue weighted by atomic mass is 35.5. The van der Waals surface area contributed by atoms with Crippen LogP contribution >= 0.6 is 11.6 Å². The first-order chi connectivity index (χ1) is 6.33. The molecule has 68 valence electrons. The number of terminal acetylenes is 1. The highest BCUT2D eigenvalue weighted by molar-refractivity contribution is 6.29. The van der Waals surface area contributed by atoms with E-state index in [2.05, 4.69) is 10.9 Å². The van der Waals surface area contributed by atoms with E-state index in [0.717, 1.165) is 5.69 Å². The minimum absolute atomic E-state index is 0.461. The lowest BCUT2D eigenvalue weighted by molar-refractivity contribution is 0.124. The van der Waals surface area contributed by atoms with Crippen LogP contribution in [0.25, 0.3) is 0 Å². The molecule has 1 heterocycles. The summed E-state index contributed by atoms with van der Waals surface area (Å²) in [5.74, 6) is 2.49. The van der Waals surface area contributed by atoms with Crippen molar-refractivity contribution in [2.75, 3.05) is 6.61 Å². The lowest BCUT2D eigenvalue weighted by Crippen LogP contribution is -1.96. The summed E-state index contributed by atoms with van der Waals surface area (Å²) in [5, 5.41) is 0.484. The molecular formula is C10H10ClNO. The fourth-order valence-corrected chi connectivity index (χ4v) is 1.02. The first-order valence-corrected chi connectivity index (χ1v) is 4.33. The summed E-state index contributed by atoms with van der Waals surface area (Å²) in [6.45, 7) is 1.02. The molecule has 1 aromatic heterocycles. The van der Waals surface area contributed by atoms with Gasteiger partial charge in [-0.15, -0.1) is 12.3 Å². The Labute approximate surface area is 82.9 Å². The molecule has 0 aromatic carbocycles. The fraction of sp³-hybridized carbons (Fsp3) is 0.300. The lowest BCUT2D eigenvalue weighted by atomic mass is 10.4. The molecule has 0 spiro atoms. The van der Waals surface area contributed by atoms with Crippen molar-refractivity contribution in [1.29, 1.82) is 0 Å². The fourth-order valence-electron chi connectivity index (χ4n) is 0.839. The molecule has 0 N–H and O–H groups in total. The maximum atomic E-state index is 5.69. The summed E-state index contributed by atoms with van der Waals surface area (Å²) in [7, 11) is 0. The monoisotopic (exact) mass is 195 g/mol. The van der Waals surface area contributed by atoms with Gasteiger partial charge >= 0.3 is 0 Å². The second-order valence-corrected chi connectivity index (χ2v) is 2.85.